The van der Waals surface area contributed by atoms with E-state index >= 15 is 0 Å². The maximum absolute atomic E-state index is 12.2. The number of hydrogen-bond acceptors (Lipinski definition) is 4. The molecule has 1 heterocycles. The normalized spacial score (nSPS) is 16.1. The molecule has 5 nitrogen and oxygen atoms in total. The highest BCUT2D eigenvalue weighted by molar-refractivity contribution is 8.01. The molecule has 124 valence electrons. The molecule has 0 fully saturated rings. The summed E-state index contributed by atoms with van der Waals surface area (Å²) in [6.07, 6.45) is 0.139. The van der Waals surface area contributed by atoms with Gasteiger partial charge in [0.1, 0.15) is 0 Å². The van der Waals surface area contributed by atoms with E-state index in [1.165, 1.54) is 11.8 Å². The summed E-state index contributed by atoms with van der Waals surface area (Å²) in [6, 6.07) is 15.2. The van der Waals surface area contributed by atoms with Crippen LogP contribution in [0.3, 0.4) is 0 Å². The molecule has 2 aromatic rings. The largest absolute Gasteiger partial charge is 0.378 e. The van der Waals surface area contributed by atoms with Crippen molar-refractivity contribution >= 4 is 40.6 Å². The molecule has 2 aromatic carbocycles. The molecule has 24 heavy (non-hydrogen) atoms. The third kappa shape index (κ3) is 3.71. The van der Waals surface area contributed by atoms with Crippen molar-refractivity contribution in [2.75, 3.05) is 29.6 Å². The van der Waals surface area contributed by atoms with E-state index < -0.39 is 5.25 Å². The summed E-state index contributed by atoms with van der Waals surface area (Å²) in [5.41, 5.74) is 2.60. The monoisotopic (exact) mass is 341 g/mol. The van der Waals surface area contributed by atoms with Crippen molar-refractivity contribution in [2.45, 2.75) is 16.6 Å². The van der Waals surface area contributed by atoms with Crippen LogP contribution in [0.2, 0.25) is 0 Å². The summed E-state index contributed by atoms with van der Waals surface area (Å²) < 4.78 is 0. The van der Waals surface area contributed by atoms with Crippen molar-refractivity contribution in [2.24, 2.45) is 0 Å². The van der Waals surface area contributed by atoms with Gasteiger partial charge in [-0.15, -0.1) is 11.8 Å². The van der Waals surface area contributed by atoms with Gasteiger partial charge in [0.15, 0.2) is 0 Å². The lowest BCUT2D eigenvalue weighted by molar-refractivity contribution is -0.120. The zero-order valence-electron chi connectivity index (χ0n) is 13.6. The van der Waals surface area contributed by atoms with Gasteiger partial charge < -0.3 is 15.5 Å². The van der Waals surface area contributed by atoms with Crippen LogP contribution in [-0.4, -0.2) is 31.2 Å². The number of anilines is 3. The number of carbonyl (C=O) groups excluding carboxylic acids is 2. The molecule has 1 aliphatic heterocycles. The molecule has 6 heteroatoms. The van der Waals surface area contributed by atoms with E-state index in [4.69, 9.17) is 0 Å². The van der Waals surface area contributed by atoms with Crippen LogP contribution in [0.4, 0.5) is 17.1 Å². The highest BCUT2D eigenvalue weighted by atomic mass is 32.2. The average Bonchev–Trinajstić information content (AvgIpc) is 2.56. The van der Waals surface area contributed by atoms with Gasteiger partial charge in [0.25, 0.3) is 0 Å². The Labute approximate surface area is 145 Å². The lowest BCUT2D eigenvalue weighted by Gasteiger charge is -2.23. The Kier molecular flexibility index (Phi) is 4.76. The molecule has 2 amide bonds. The Balaban J connectivity index is 1.62. The lowest BCUT2D eigenvalue weighted by Crippen LogP contribution is -2.32. The molecule has 0 aliphatic carbocycles. The van der Waals surface area contributed by atoms with Crippen LogP contribution in [0.15, 0.2) is 53.4 Å². The SMILES string of the molecule is CN(C)c1ccc(NC(=O)C[C@H]2Sc3ccccc3NC2=O)cc1. The number of nitrogens with one attached hydrogen (secondary N) is 2. The van der Waals surface area contributed by atoms with Gasteiger partial charge in [-0.05, 0) is 36.4 Å². The number of benzene rings is 2. The van der Waals surface area contributed by atoms with Crippen molar-refractivity contribution in [1.29, 1.82) is 0 Å². The van der Waals surface area contributed by atoms with E-state index in [1.807, 2.05) is 67.5 Å². The highest BCUT2D eigenvalue weighted by Gasteiger charge is 2.28. The molecular weight excluding hydrogens is 322 g/mol. The third-order valence-electron chi connectivity index (χ3n) is 3.74. The fourth-order valence-electron chi connectivity index (χ4n) is 2.45. The summed E-state index contributed by atoms with van der Waals surface area (Å²) in [6.45, 7) is 0. The maximum Gasteiger partial charge on any atom is 0.238 e. The molecule has 0 spiro atoms. The zero-order valence-corrected chi connectivity index (χ0v) is 14.4. The number of thioether (sulfide) groups is 1. The average molecular weight is 341 g/mol. The molecule has 2 N–H and O–H groups in total. The van der Waals surface area contributed by atoms with Gasteiger partial charge in [0.2, 0.25) is 11.8 Å². The fraction of sp³-hybridized carbons (Fsp3) is 0.222. The summed E-state index contributed by atoms with van der Waals surface area (Å²) in [7, 11) is 3.93. The van der Waals surface area contributed by atoms with Gasteiger partial charge in [-0.25, -0.2) is 0 Å². The first-order valence-electron chi connectivity index (χ1n) is 7.67. The van der Waals surface area contributed by atoms with Gasteiger partial charge >= 0.3 is 0 Å². The molecule has 0 saturated carbocycles. The van der Waals surface area contributed by atoms with Gasteiger partial charge in [-0.2, -0.15) is 0 Å². The second kappa shape index (κ2) is 6.97. The first-order chi connectivity index (χ1) is 11.5. The molecular formula is C18H19N3O2S. The number of nitrogens with zero attached hydrogens (tertiary/aromatic N) is 1. The second-order valence-corrected chi connectivity index (χ2v) is 7.03. The Hall–Kier alpha value is -2.47. The van der Waals surface area contributed by atoms with Gasteiger partial charge in [0, 0.05) is 36.8 Å². The van der Waals surface area contributed by atoms with Crippen LogP contribution >= 0.6 is 11.8 Å². The van der Waals surface area contributed by atoms with E-state index in [9.17, 15) is 9.59 Å². The molecule has 0 radical (unpaired) electrons. The number of para-hydroxylation sites is 1. The smallest absolute Gasteiger partial charge is 0.238 e. The minimum atomic E-state index is -0.416. The van der Waals surface area contributed by atoms with E-state index in [0.717, 1.165) is 22.0 Å². The van der Waals surface area contributed by atoms with Crippen LogP contribution in [0.25, 0.3) is 0 Å². The molecule has 1 aliphatic rings. The molecule has 0 saturated heterocycles. The van der Waals surface area contributed by atoms with Crippen molar-refractivity contribution in [3.05, 3.63) is 48.5 Å². The fourth-order valence-corrected chi connectivity index (χ4v) is 3.56. The number of fused-ring (bicyclic) bond motifs is 1. The molecule has 0 unspecified atom stereocenters. The van der Waals surface area contributed by atoms with Crippen LogP contribution in [-0.2, 0) is 9.59 Å². The Morgan fingerprint density at radius 1 is 1.17 bits per heavy atom. The van der Waals surface area contributed by atoms with Crippen molar-refractivity contribution in [3.63, 3.8) is 0 Å². The molecule has 0 bridgehead atoms. The van der Waals surface area contributed by atoms with Crippen LogP contribution in [0.5, 0.6) is 0 Å². The standard InChI is InChI=1S/C18H19N3O2S/c1-21(2)13-9-7-12(8-10-13)19-17(22)11-16-18(23)20-14-5-3-4-6-15(14)24-16/h3-10,16H,11H2,1-2H3,(H,19,22)(H,20,23)/t16-/m1/s1. The van der Waals surface area contributed by atoms with Gasteiger partial charge in [-0.1, -0.05) is 12.1 Å². The quantitative estimate of drug-likeness (QED) is 0.896. The minimum Gasteiger partial charge on any atom is -0.378 e. The van der Waals surface area contributed by atoms with Crippen molar-refractivity contribution in [3.8, 4) is 0 Å². The maximum atomic E-state index is 12.2. The Morgan fingerprint density at radius 2 is 1.88 bits per heavy atom. The molecule has 3 rings (SSSR count). The van der Waals surface area contributed by atoms with E-state index in [-0.39, 0.29) is 18.2 Å². The van der Waals surface area contributed by atoms with E-state index in [1.54, 1.807) is 0 Å². The first kappa shape index (κ1) is 16.4. The van der Waals surface area contributed by atoms with Crippen LogP contribution in [0, 0.1) is 0 Å². The lowest BCUT2D eigenvalue weighted by atomic mass is 10.2. The predicted molar refractivity (Wildman–Crippen MR) is 98.7 cm³/mol. The predicted octanol–water partition coefficient (Wildman–Crippen LogP) is 3.19. The third-order valence-corrected chi connectivity index (χ3v) is 5.02. The summed E-state index contributed by atoms with van der Waals surface area (Å²) in [4.78, 5) is 27.4. The van der Waals surface area contributed by atoms with Gasteiger partial charge in [-0.3, -0.25) is 9.59 Å². The minimum absolute atomic E-state index is 0.128. The number of hydrogen-bond donors (Lipinski definition) is 2. The van der Waals surface area contributed by atoms with Crippen LogP contribution < -0.4 is 15.5 Å². The number of amides is 2. The summed E-state index contributed by atoms with van der Waals surface area (Å²) >= 11 is 1.43. The Bertz CT molecular complexity index is 759. The Morgan fingerprint density at radius 3 is 2.58 bits per heavy atom. The van der Waals surface area contributed by atoms with Crippen molar-refractivity contribution < 1.29 is 9.59 Å². The van der Waals surface area contributed by atoms with E-state index in [0.29, 0.717) is 0 Å². The summed E-state index contributed by atoms with van der Waals surface area (Å²) in [5, 5.41) is 5.29. The number of rotatable bonds is 4. The molecule has 1 atom stereocenters. The van der Waals surface area contributed by atoms with Crippen molar-refractivity contribution in [1.82, 2.24) is 0 Å². The second-order valence-electron chi connectivity index (χ2n) is 5.79. The summed E-state index contributed by atoms with van der Waals surface area (Å²) in [5.74, 6) is -0.295. The highest BCUT2D eigenvalue weighted by Crippen LogP contribution is 2.36. The van der Waals surface area contributed by atoms with E-state index in [2.05, 4.69) is 10.6 Å². The topological polar surface area (TPSA) is 61.4 Å². The van der Waals surface area contributed by atoms with Gasteiger partial charge in [0.05, 0.1) is 10.9 Å². The number of carbonyl (C=O) groups is 2. The first-order valence-corrected chi connectivity index (χ1v) is 8.54. The van der Waals surface area contributed by atoms with Crippen LogP contribution in [0.1, 0.15) is 6.42 Å². The zero-order chi connectivity index (χ0) is 17.1. The molecule has 0 aromatic heterocycles.